The summed E-state index contributed by atoms with van der Waals surface area (Å²) in [4.78, 5) is 44.0. The fourth-order valence-electron chi connectivity index (χ4n) is 3.93. The summed E-state index contributed by atoms with van der Waals surface area (Å²) in [7, 11) is 3.03. The first kappa shape index (κ1) is 25.5. The number of nitrogens with one attached hydrogen (secondary N) is 2. The molecule has 1 aromatic heterocycles. The first-order valence-corrected chi connectivity index (χ1v) is 12.3. The van der Waals surface area contributed by atoms with Crippen LogP contribution < -0.4 is 25.0 Å². The van der Waals surface area contributed by atoms with Crippen molar-refractivity contribution in [3.63, 3.8) is 0 Å². The zero-order valence-corrected chi connectivity index (χ0v) is 20.7. The van der Waals surface area contributed by atoms with E-state index in [0.717, 1.165) is 31.4 Å². The van der Waals surface area contributed by atoms with E-state index in [-0.39, 0.29) is 43.1 Å². The smallest absolute Gasteiger partial charge is 0.240 e. The zero-order valence-electron chi connectivity index (χ0n) is 19.9. The highest BCUT2D eigenvalue weighted by atomic mass is 32.1. The third-order valence-corrected chi connectivity index (χ3v) is 6.56. The maximum atomic E-state index is 13.2. The predicted molar refractivity (Wildman–Crippen MR) is 132 cm³/mol. The van der Waals surface area contributed by atoms with E-state index in [0.29, 0.717) is 22.3 Å². The minimum Gasteiger partial charge on any atom is -0.497 e. The molecule has 2 N–H and O–H groups in total. The summed E-state index contributed by atoms with van der Waals surface area (Å²) >= 11 is 1.33. The van der Waals surface area contributed by atoms with E-state index in [1.165, 1.54) is 36.9 Å². The topological polar surface area (TPSA) is 110 Å². The van der Waals surface area contributed by atoms with Gasteiger partial charge in [-0.25, -0.2) is 4.98 Å². The van der Waals surface area contributed by atoms with Crippen LogP contribution in [0.2, 0.25) is 0 Å². The highest BCUT2D eigenvalue weighted by Gasteiger charge is 2.25. The molecule has 9 nitrogen and oxygen atoms in total. The van der Waals surface area contributed by atoms with Gasteiger partial charge in [-0.3, -0.25) is 19.3 Å². The normalized spacial score (nSPS) is 13.7. The van der Waals surface area contributed by atoms with Gasteiger partial charge in [-0.1, -0.05) is 19.3 Å². The van der Waals surface area contributed by atoms with Gasteiger partial charge in [0.25, 0.3) is 0 Å². The van der Waals surface area contributed by atoms with Gasteiger partial charge < -0.3 is 20.1 Å². The molecule has 34 heavy (non-hydrogen) atoms. The molecule has 1 aliphatic carbocycles. The number of rotatable bonds is 10. The minimum atomic E-state index is -0.354. The van der Waals surface area contributed by atoms with Gasteiger partial charge >= 0.3 is 0 Å². The Morgan fingerprint density at radius 3 is 2.50 bits per heavy atom. The molecule has 1 heterocycles. The number of nitrogens with zero attached hydrogens (tertiary/aromatic N) is 2. The van der Waals surface area contributed by atoms with Crippen LogP contribution in [0.3, 0.4) is 0 Å². The number of methoxy groups -OCH3 is 2. The van der Waals surface area contributed by atoms with Crippen molar-refractivity contribution in [2.45, 2.75) is 57.9 Å². The Morgan fingerprint density at radius 1 is 1.09 bits per heavy atom. The molecule has 0 spiro atoms. The summed E-state index contributed by atoms with van der Waals surface area (Å²) in [5.74, 6) is 0.0724. The zero-order chi connectivity index (χ0) is 24.5. The fraction of sp³-hybridized carbons (Fsp3) is 0.500. The Bertz CT molecular complexity index is 1000. The van der Waals surface area contributed by atoms with Gasteiger partial charge in [0.2, 0.25) is 17.7 Å². The van der Waals surface area contributed by atoms with E-state index in [1.54, 1.807) is 18.2 Å². The maximum Gasteiger partial charge on any atom is 0.240 e. The molecule has 3 amide bonds. The first-order chi connectivity index (χ1) is 16.4. The van der Waals surface area contributed by atoms with Crippen LogP contribution in [-0.2, 0) is 14.4 Å². The van der Waals surface area contributed by atoms with E-state index in [1.807, 2.05) is 12.3 Å². The highest BCUT2D eigenvalue weighted by molar-refractivity contribution is 7.13. The molecule has 0 saturated heterocycles. The first-order valence-electron chi connectivity index (χ1n) is 11.4. The van der Waals surface area contributed by atoms with Crippen LogP contribution >= 0.6 is 11.3 Å². The van der Waals surface area contributed by atoms with E-state index in [2.05, 4.69) is 15.6 Å². The quantitative estimate of drug-likeness (QED) is 0.528. The number of hydrogen-bond donors (Lipinski definition) is 2. The number of amides is 3. The Balaban J connectivity index is 1.71. The monoisotopic (exact) mass is 488 g/mol. The number of hydrogen-bond acceptors (Lipinski definition) is 7. The second kappa shape index (κ2) is 12.4. The second-order valence-electron chi connectivity index (χ2n) is 8.26. The molecule has 1 aliphatic rings. The Labute approximate surface area is 203 Å². The number of anilines is 2. The molecule has 1 aromatic carbocycles. The lowest BCUT2D eigenvalue weighted by atomic mass is 9.95. The lowest BCUT2D eigenvalue weighted by molar-refractivity contribution is -0.125. The van der Waals surface area contributed by atoms with E-state index < -0.39 is 0 Å². The van der Waals surface area contributed by atoms with Crippen molar-refractivity contribution in [3.05, 3.63) is 29.3 Å². The molecule has 0 radical (unpaired) electrons. The summed E-state index contributed by atoms with van der Waals surface area (Å²) in [6, 6.07) is 5.17. The number of carbonyl (C=O) groups is 3. The van der Waals surface area contributed by atoms with Crippen LogP contribution in [0.5, 0.6) is 11.5 Å². The van der Waals surface area contributed by atoms with E-state index >= 15 is 0 Å². The summed E-state index contributed by atoms with van der Waals surface area (Å²) in [6.07, 6.45) is 5.16. The van der Waals surface area contributed by atoms with Crippen LogP contribution in [0.25, 0.3) is 0 Å². The van der Waals surface area contributed by atoms with Gasteiger partial charge in [0.05, 0.1) is 25.6 Å². The molecule has 2 aromatic rings. The summed E-state index contributed by atoms with van der Waals surface area (Å²) in [5, 5.41) is 8.09. The van der Waals surface area contributed by atoms with Crippen LogP contribution in [0.15, 0.2) is 23.6 Å². The largest absolute Gasteiger partial charge is 0.497 e. The third-order valence-electron chi connectivity index (χ3n) is 5.68. The lowest BCUT2D eigenvalue weighted by Gasteiger charge is -2.27. The second-order valence-corrected chi connectivity index (χ2v) is 9.12. The van der Waals surface area contributed by atoms with Crippen LogP contribution in [-0.4, -0.2) is 49.5 Å². The SMILES string of the molecule is COc1ccc(N(CC(=O)NC2CCCCC2)C(=O)CCC(=O)Nc2nc(C)cs2)c(OC)c1. The van der Waals surface area contributed by atoms with Gasteiger partial charge in [-0.2, -0.15) is 0 Å². The molecule has 0 bridgehead atoms. The fourth-order valence-corrected chi connectivity index (χ4v) is 4.63. The highest BCUT2D eigenvalue weighted by Crippen LogP contribution is 2.33. The molecule has 0 aliphatic heterocycles. The number of benzene rings is 1. The average molecular weight is 489 g/mol. The number of ether oxygens (including phenoxy) is 2. The Hall–Kier alpha value is -3.14. The Morgan fingerprint density at radius 2 is 1.85 bits per heavy atom. The summed E-state index contributed by atoms with van der Waals surface area (Å²) < 4.78 is 10.7. The molecule has 184 valence electrons. The number of aromatic nitrogens is 1. The van der Waals surface area contributed by atoms with Crippen molar-refractivity contribution in [1.29, 1.82) is 0 Å². The summed E-state index contributed by atoms with van der Waals surface area (Å²) in [5.41, 5.74) is 1.26. The van der Waals surface area contributed by atoms with Gasteiger partial charge in [-0.05, 0) is 31.9 Å². The number of thiazole rings is 1. The molecule has 3 rings (SSSR count). The van der Waals surface area contributed by atoms with E-state index in [4.69, 9.17) is 9.47 Å². The third kappa shape index (κ3) is 7.18. The lowest BCUT2D eigenvalue weighted by Crippen LogP contribution is -2.45. The van der Waals surface area contributed by atoms with Crippen molar-refractivity contribution in [1.82, 2.24) is 10.3 Å². The molecule has 1 saturated carbocycles. The van der Waals surface area contributed by atoms with Gasteiger partial charge in [0.15, 0.2) is 5.13 Å². The Kier molecular flexibility index (Phi) is 9.26. The molecule has 1 fully saturated rings. The van der Waals surface area contributed by atoms with Gasteiger partial charge in [0.1, 0.15) is 18.0 Å². The van der Waals surface area contributed by atoms with Crippen molar-refractivity contribution in [2.24, 2.45) is 0 Å². The molecule has 10 heteroatoms. The van der Waals surface area contributed by atoms with Crippen LogP contribution in [0.1, 0.15) is 50.6 Å². The van der Waals surface area contributed by atoms with Gasteiger partial charge in [-0.15, -0.1) is 11.3 Å². The predicted octanol–water partition coefficient (Wildman–Crippen LogP) is 3.67. The molecular formula is C24H32N4O5S. The molecular weight excluding hydrogens is 456 g/mol. The van der Waals surface area contributed by atoms with E-state index in [9.17, 15) is 14.4 Å². The minimum absolute atomic E-state index is 0.0311. The average Bonchev–Trinajstić information content (AvgIpc) is 3.25. The van der Waals surface area contributed by atoms with Crippen molar-refractivity contribution in [2.75, 3.05) is 31.0 Å². The number of aryl methyl sites for hydroxylation is 1. The summed E-state index contributed by atoms with van der Waals surface area (Å²) in [6.45, 7) is 1.68. The maximum absolute atomic E-state index is 13.2. The van der Waals surface area contributed by atoms with Crippen LogP contribution in [0.4, 0.5) is 10.8 Å². The molecule has 0 unspecified atom stereocenters. The molecule has 0 atom stereocenters. The van der Waals surface area contributed by atoms with Gasteiger partial charge in [0, 0.05) is 30.3 Å². The van der Waals surface area contributed by atoms with Crippen molar-refractivity contribution >= 4 is 39.9 Å². The van der Waals surface area contributed by atoms with Crippen molar-refractivity contribution < 1.29 is 23.9 Å². The standard InChI is InChI=1S/C24H32N4O5S/c1-16-15-34-24(25-16)27-21(29)11-12-23(31)28(14-22(30)26-17-7-5-4-6-8-17)19-10-9-18(32-2)13-20(19)33-3/h9-10,13,15,17H,4-8,11-12,14H2,1-3H3,(H,26,30)(H,25,27,29). The van der Waals surface area contributed by atoms with Crippen LogP contribution in [0, 0.1) is 6.92 Å². The number of carbonyl (C=O) groups excluding carboxylic acids is 3. The van der Waals surface area contributed by atoms with Crippen molar-refractivity contribution in [3.8, 4) is 11.5 Å².